The average Bonchev–Trinajstić information content (AvgIpc) is 2.97. The summed E-state index contributed by atoms with van der Waals surface area (Å²) >= 11 is 0. The Bertz CT molecular complexity index is 913. The summed E-state index contributed by atoms with van der Waals surface area (Å²) in [5, 5.41) is -0.432. The molecular weight excluding hydrogens is 349 g/mol. The molecule has 5 nitrogen and oxygen atoms in total. The molecule has 0 spiro atoms. The Hall–Kier alpha value is -2.05. The summed E-state index contributed by atoms with van der Waals surface area (Å²) in [5.41, 5.74) is 2.87. The molecule has 0 unspecified atom stereocenters. The van der Waals surface area contributed by atoms with Crippen molar-refractivity contribution in [3.05, 3.63) is 59.4 Å². The second kappa shape index (κ2) is 6.23. The molecule has 3 heterocycles. The van der Waals surface area contributed by atoms with Gasteiger partial charge in [-0.25, -0.2) is 0 Å². The van der Waals surface area contributed by atoms with Crippen molar-refractivity contribution in [3.8, 4) is 0 Å². The molecule has 142 valence electrons. The van der Waals surface area contributed by atoms with Crippen LogP contribution in [0.3, 0.4) is 0 Å². The SMILES string of the molecule is BC1(B)c2ncccc2C(=O)N1Cc1ccc(B2OC(C)(C)C(C)(C)O2)cc1. The molecule has 0 saturated carbocycles. The van der Waals surface area contributed by atoms with E-state index in [0.29, 0.717) is 12.1 Å². The summed E-state index contributed by atoms with van der Waals surface area (Å²) in [6, 6.07) is 11.8. The van der Waals surface area contributed by atoms with Crippen LogP contribution in [0.4, 0.5) is 0 Å². The van der Waals surface area contributed by atoms with Crippen LogP contribution in [0.2, 0.25) is 0 Å². The number of carbonyl (C=O) groups excluding carboxylic acids is 1. The Labute approximate surface area is 168 Å². The van der Waals surface area contributed by atoms with Gasteiger partial charge in [0.25, 0.3) is 5.91 Å². The highest BCUT2D eigenvalue weighted by atomic mass is 16.7. The smallest absolute Gasteiger partial charge is 0.399 e. The van der Waals surface area contributed by atoms with Gasteiger partial charge in [0.2, 0.25) is 0 Å². The Morgan fingerprint density at radius 1 is 1.04 bits per heavy atom. The molecule has 4 rings (SSSR count). The van der Waals surface area contributed by atoms with Gasteiger partial charge in [-0.2, -0.15) is 0 Å². The van der Waals surface area contributed by atoms with E-state index in [0.717, 1.165) is 16.7 Å². The minimum Gasteiger partial charge on any atom is -0.399 e. The van der Waals surface area contributed by atoms with Crippen LogP contribution in [-0.2, 0) is 21.2 Å². The number of amides is 1. The average molecular weight is 374 g/mol. The number of hydrogen-bond acceptors (Lipinski definition) is 4. The topological polar surface area (TPSA) is 51.7 Å². The number of carbonyl (C=O) groups is 1. The van der Waals surface area contributed by atoms with E-state index >= 15 is 0 Å². The third kappa shape index (κ3) is 2.90. The highest BCUT2D eigenvalue weighted by Crippen LogP contribution is 2.37. The van der Waals surface area contributed by atoms with Crippen molar-refractivity contribution in [1.29, 1.82) is 0 Å². The van der Waals surface area contributed by atoms with Crippen LogP contribution < -0.4 is 5.46 Å². The lowest BCUT2D eigenvalue weighted by Gasteiger charge is -2.32. The van der Waals surface area contributed by atoms with E-state index in [1.54, 1.807) is 6.20 Å². The predicted molar refractivity (Wildman–Crippen MR) is 115 cm³/mol. The minimum absolute atomic E-state index is 0.0307. The first-order chi connectivity index (χ1) is 13.0. The largest absolute Gasteiger partial charge is 0.494 e. The van der Waals surface area contributed by atoms with Crippen molar-refractivity contribution in [2.75, 3.05) is 0 Å². The van der Waals surface area contributed by atoms with Crippen molar-refractivity contribution >= 4 is 34.2 Å². The normalized spacial score (nSPS) is 21.8. The van der Waals surface area contributed by atoms with Gasteiger partial charge in [0.15, 0.2) is 0 Å². The molecule has 2 aliphatic rings. The van der Waals surface area contributed by atoms with E-state index in [2.05, 4.69) is 4.98 Å². The monoisotopic (exact) mass is 374 g/mol. The van der Waals surface area contributed by atoms with Gasteiger partial charge in [-0.05, 0) is 50.9 Å². The highest BCUT2D eigenvalue weighted by Gasteiger charge is 2.51. The van der Waals surface area contributed by atoms with E-state index in [4.69, 9.17) is 9.31 Å². The van der Waals surface area contributed by atoms with Gasteiger partial charge >= 0.3 is 7.12 Å². The van der Waals surface area contributed by atoms with Gasteiger partial charge in [0.1, 0.15) is 15.7 Å². The van der Waals surface area contributed by atoms with Crippen molar-refractivity contribution in [1.82, 2.24) is 9.88 Å². The maximum Gasteiger partial charge on any atom is 0.494 e. The first-order valence-corrected chi connectivity index (χ1v) is 9.75. The van der Waals surface area contributed by atoms with Crippen LogP contribution in [-0.4, -0.2) is 49.8 Å². The maximum atomic E-state index is 12.9. The summed E-state index contributed by atoms with van der Waals surface area (Å²) < 4.78 is 12.2. The summed E-state index contributed by atoms with van der Waals surface area (Å²) in [4.78, 5) is 19.2. The molecule has 28 heavy (non-hydrogen) atoms. The summed E-state index contributed by atoms with van der Waals surface area (Å²) in [7, 11) is 3.71. The molecule has 1 aromatic heterocycles. The molecule has 8 heteroatoms. The van der Waals surface area contributed by atoms with Crippen molar-refractivity contribution in [3.63, 3.8) is 0 Å². The first kappa shape index (κ1) is 19.3. The summed E-state index contributed by atoms with van der Waals surface area (Å²) in [5.74, 6) is 0.0307. The molecule has 0 bridgehead atoms. The predicted octanol–water partition coefficient (Wildman–Crippen LogP) is 0.413. The van der Waals surface area contributed by atoms with E-state index < -0.39 is 5.34 Å². The standard InChI is InChI=1S/C20H25B3N2O3/c1-18(2)19(3,4)28-23(27-18)14-9-7-13(8-10-14)12-25-17(26)15-6-5-11-24-16(15)20(25,21)22/h5-11H,12,21-22H2,1-4H3. The van der Waals surface area contributed by atoms with Crippen molar-refractivity contribution in [2.24, 2.45) is 0 Å². The third-order valence-electron chi connectivity index (χ3n) is 6.38. The molecule has 1 saturated heterocycles. The second-order valence-electron chi connectivity index (χ2n) is 9.18. The molecule has 0 radical (unpaired) electrons. The molecule has 1 amide bonds. The van der Waals surface area contributed by atoms with Crippen LogP contribution in [0.5, 0.6) is 0 Å². The van der Waals surface area contributed by atoms with Gasteiger partial charge < -0.3 is 14.2 Å². The maximum absolute atomic E-state index is 12.9. The van der Waals surface area contributed by atoms with E-state index in [9.17, 15) is 4.79 Å². The van der Waals surface area contributed by atoms with Gasteiger partial charge in [-0.1, -0.05) is 24.3 Å². The second-order valence-corrected chi connectivity index (χ2v) is 9.18. The number of aromatic nitrogens is 1. The fourth-order valence-electron chi connectivity index (χ4n) is 3.80. The molecule has 1 aromatic carbocycles. The highest BCUT2D eigenvalue weighted by molar-refractivity contribution is 6.62. The third-order valence-corrected chi connectivity index (χ3v) is 6.38. The van der Waals surface area contributed by atoms with Crippen LogP contribution in [0.25, 0.3) is 0 Å². The summed E-state index contributed by atoms with van der Waals surface area (Å²) in [6.45, 7) is 8.73. The van der Waals surface area contributed by atoms with Gasteiger partial charge in [0.05, 0.1) is 22.5 Å². The molecule has 0 aliphatic carbocycles. The molecule has 0 atom stereocenters. The van der Waals surface area contributed by atoms with Gasteiger partial charge in [-0.3, -0.25) is 9.78 Å². The quantitative estimate of drug-likeness (QED) is 0.731. The number of fused-ring (bicyclic) bond motifs is 1. The van der Waals surface area contributed by atoms with E-state index in [-0.39, 0.29) is 24.2 Å². The Morgan fingerprint density at radius 3 is 2.21 bits per heavy atom. The fraction of sp³-hybridized carbons (Fsp3) is 0.400. The van der Waals surface area contributed by atoms with E-state index in [1.807, 2.05) is 84.7 Å². The molecular formula is C20H25B3N2O3. The number of pyridine rings is 1. The zero-order valence-corrected chi connectivity index (χ0v) is 17.4. The Balaban J connectivity index is 1.53. The number of nitrogens with zero attached hydrogens (tertiary/aromatic N) is 2. The Kier molecular flexibility index (Phi) is 4.29. The number of benzene rings is 1. The zero-order chi connectivity index (χ0) is 20.3. The molecule has 2 aliphatic heterocycles. The lowest BCUT2D eigenvalue weighted by molar-refractivity contribution is 0.00578. The first-order valence-electron chi connectivity index (χ1n) is 9.75. The molecule has 0 N–H and O–H groups in total. The number of hydrogen-bond donors (Lipinski definition) is 0. The van der Waals surface area contributed by atoms with E-state index in [1.165, 1.54) is 0 Å². The van der Waals surface area contributed by atoms with Gasteiger partial charge in [-0.15, -0.1) is 0 Å². The number of rotatable bonds is 3. The van der Waals surface area contributed by atoms with Gasteiger partial charge in [0, 0.05) is 18.1 Å². The molecule has 2 aromatic rings. The van der Waals surface area contributed by atoms with Crippen molar-refractivity contribution < 1.29 is 14.1 Å². The van der Waals surface area contributed by atoms with Crippen molar-refractivity contribution in [2.45, 2.75) is 50.8 Å². The summed E-state index contributed by atoms with van der Waals surface area (Å²) in [6.07, 6.45) is 1.75. The van der Waals surface area contributed by atoms with Crippen LogP contribution in [0.15, 0.2) is 42.6 Å². The lowest BCUT2D eigenvalue weighted by Crippen LogP contribution is -2.44. The van der Waals surface area contributed by atoms with Crippen LogP contribution in [0.1, 0.15) is 49.3 Å². The fourth-order valence-corrected chi connectivity index (χ4v) is 3.80. The molecule has 1 fully saturated rings. The van der Waals surface area contributed by atoms with Crippen LogP contribution in [0, 0.1) is 0 Å². The van der Waals surface area contributed by atoms with Crippen LogP contribution >= 0.6 is 0 Å². The Morgan fingerprint density at radius 2 is 1.64 bits per heavy atom. The lowest BCUT2D eigenvalue weighted by atomic mass is 9.59. The minimum atomic E-state index is -0.432. The zero-order valence-electron chi connectivity index (χ0n) is 17.4.